The molecule has 0 saturated heterocycles. The summed E-state index contributed by atoms with van der Waals surface area (Å²) in [4.78, 5) is 6.89. The molecule has 0 bridgehead atoms. The summed E-state index contributed by atoms with van der Waals surface area (Å²) in [6, 6.07) is 12.0. The van der Waals surface area contributed by atoms with Crippen molar-refractivity contribution >= 4 is 29.9 Å². The van der Waals surface area contributed by atoms with E-state index in [0.717, 1.165) is 49.2 Å². The van der Waals surface area contributed by atoms with Gasteiger partial charge < -0.3 is 23.9 Å². The Morgan fingerprint density at radius 2 is 2.06 bits per heavy atom. The van der Waals surface area contributed by atoms with Crippen molar-refractivity contribution in [2.45, 2.75) is 32.9 Å². The SMILES string of the molecule is CCc1nncn1CCNC(=NCCc1ccc(OC)cc1)N(C)Cc1ccco1.I. The Labute approximate surface area is 200 Å². The van der Waals surface area contributed by atoms with E-state index >= 15 is 0 Å². The molecule has 0 unspecified atom stereocenters. The van der Waals surface area contributed by atoms with E-state index in [9.17, 15) is 0 Å². The lowest BCUT2D eigenvalue weighted by atomic mass is 10.1. The normalized spacial score (nSPS) is 11.1. The minimum absolute atomic E-state index is 0. The smallest absolute Gasteiger partial charge is 0.194 e. The lowest BCUT2D eigenvalue weighted by Gasteiger charge is -2.22. The van der Waals surface area contributed by atoms with Crippen LogP contribution in [-0.4, -0.2) is 52.9 Å². The maximum Gasteiger partial charge on any atom is 0.194 e. The predicted octanol–water partition coefficient (Wildman–Crippen LogP) is 3.38. The van der Waals surface area contributed by atoms with Crippen LogP contribution in [0.15, 0.2) is 58.4 Å². The quantitative estimate of drug-likeness (QED) is 0.242. The maximum atomic E-state index is 5.49. The molecule has 0 fully saturated rings. The van der Waals surface area contributed by atoms with E-state index in [-0.39, 0.29) is 24.0 Å². The Bertz CT molecular complexity index is 908. The highest BCUT2D eigenvalue weighted by Gasteiger charge is 2.09. The zero-order chi connectivity index (χ0) is 21.2. The largest absolute Gasteiger partial charge is 0.497 e. The van der Waals surface area contributed by atoms with Gasteiger partial charge in [-0.1, -0.05) is 19.1 Å². The fourth-order valence-corrected chi connectivity index (χ4v) is 3.13. The number of halogens is 1. The van der Waals surface area contributed by atoms with Crippen LogP contribution in [0.4, 0.5) is 0 Å². The van der Waals surface area contributed by atoms with Crippen molar-refractivity contribution in [3.63, 3.8) is 0 Å². The highest BCUT2D eigenvalue weighted by Crippen LogP contribution is 2.12. The minimum atomic E-state index is 0. The molecule has 0 atom stereocenters. The second kappa shape index (κ2) is 13.0. The first-order valence-electron chi connectivity index (χ1n) is 10.2. The number of aromatic nitrogens is 3. The van der Waals surface area contributed by atoms with Crippen molar-refractivity contribution < 1.29 is 9.15 Å². The fraction of sp³-hybridized carbons (Fsp3) is 0.409. The second-order valence-corrected chi connectivity index (χ2v) is 6.96. The zero-order valence-electron chi connectivity index (χ0n) is 18.3. The fourth-order valence-electron chi connectivity index (χ4n) is 3.13. The molecule has 168 valence electrons. The van der Waals surface area contributed by atoms with Gasteiger partial charge in [0.15, 0.2) is 5.96 Å². The van der Waals surface area contributed by atoms with Crippen LogP contribution in [0.5, 0.6) is 5.75 Å². The number of aliphatic imine (C=N–C) groups is 1. The third-order valence-corrected chi connectivity index (χ3v) is 4.80. The molecule has 2 aromatic heterocycles. The van der Waals surface area contributed by atoms with Crippen LogP contribution in [0.1, 0.15) is 24.1 Å². The van der Waals surface area contributed by atoms with Crippen molar-refractivity contribution in [1.29, 1.82) is 0 Å². The number of ether oxygens (including phenoxy) is 1. The molecule has 0 spiro atoms. The van der Waals surface area contributed by atoms with Gasteiger partial charge in [-0.05, 0) is 36.2 Å². The Morgan fingerprint density at radius 3 is 2.74 bits per heavy atom. The summed E-state index contributed by atoms with van der Waals surface area (Å²) in [7, 11) is 3.69. The van der Waals surface area contributed by atoms with E-state index < -0.39 is 0 Å². The van der Waals surface area contributed by atoms with Crippen molar-refractivity contribution in [3.05, 3.63) is 66.1 Å². The highest BCUT2D eigenvalue weighted by molar-refractivity contribution is 14.0. The summed E-state index contributed by atoms with van der Waals surface area (Å²) in [5, 5.41) is 11.6. The van der Waals surface area contributed by atoms with Gasteiger partial charge in [0.1, 0.15) is 23.7 Å². The second-order valence-electron chi connectivity index (χ2n) is 6.96. The molecule has 3 rings (SSSR count). The molecule has 31 heavy (non-hydrogen) atoms. The summed E-state index contributed by atoms with van der Waals surface area (Å²) in [5.41, 5.74) is 1.23. The van der Waals surface area contributed by atoms with E-state index in [4.69, 9.17) is 14.1 Å². The molecule has 2 heterocycles. The van der Waals surface area contributed by atoms with Gasteiger partial charge in [0.05, 0.1) is 19.9 Å². The van der Waals surface area contributed by atoms with Gasteiger partial charge in [-0.15, -0.1) is 34.2 Å². The van der Waals surface area contributed by atoms with Crippen molar-refractivity contribution in [2.75, 3.05) is 27.2 Å². The first kappa shape index (κ1) is 24.7. The van der Waals surface area contributed by atoms with Crippen molar-refractivity contribution in [3.8, 4) is 5.75 Å². The third kappa shape index (κ3) is 7.57. The molecular weight excluding hydrogens is 507 g/mol. The molecule has 0 aliphatic heterocycles. The molecular formula is C22H31IN6O2. The van der Waals surface area contributed by atoms with Crippen LogP contribution in [-0.2, 0) is 25.9 Å². The van der Waals surface area contributed by atoms with Gasteiger partial charge in [0.2, 0.25) is 0 Å². The summed E-state index contributed by atoms with van der Waals surface area (Å²) >= 11 is 0. The number of benzene rings is 1. The monoisotopic (exact) mass is 538 g/mol. The van der Waals surface area contributed by atoms with Gasteiger partial charge in [-0.3, -0.25) is 4.99 Å². The lowest BCUT2D eigenvalue weighted by molar-refractivity contribution is 0.398. The molecule has 1 N–H and O–H groups in total. The summed E-state index contributed by atoms with van der Waals surface area (Å²) in [5.74, 6) is 3.59. The number of nitrogens with zero attached hydrogens (tertiary/aromatic N) is 5. The Morgan fingerprint density at radius 1 is 1.26 bits per heavy atom. The molecule has 9 heteroatoms. The molecule has 0 aliphatic rings. The topological polar surface area (TPSA) is 80.7 Å². The minimum Gasteiger partial charge on any atom is -0.497 e. The molecule has 0 amide bonds. The highest BCUT2D eigenvalue weighted by atomic mass is 127. The van der Waals surface area contributed by atoms with Crippen LogP contribution < -0.4 is 10.1 Å². The molecule has 1 aromatic carbocycles. The zero-order valence-corrected chi connectivity index (χ0v) is 20.7. The summed E-state index contributed by atoms with van der Waals surface area (Å²) < 4.78 is 12.8. The first-order valence-corrected chi connectivity index (χ1v) is 10.2. The maximum absolute atomic E-state index is 5.49. The number of rotatable bonds is 10. The standard InChI is InChI=1S/C22H30N6O2.HI/c1-4-21-26-25-17-28(21)14-13-24-22(27(2)16-20-6-5-15-30-20)23-12-11-18-7-9-19(29-3)10-8-18;/h5-10,15,17H,4,11-14,16H2,1-3H3,(H,23,24);1H. The molecule has 0 aliphatic carbocycles. The van der Waals surface area contributed by atoms with E-state index in [2.05, 4.69) is 44.0 Å². The molecule has 0 saturated carbocycles. The number of hydrogen-bond donors (Lipinski definition) is 1. The average Bonchev–Trinajstić information content (AvgIpc) is 3.44. The number of furan rings is 1. The number of nitrogens with one attached hydrogen (secondary N) is 1. The number of methoxy groups -OCH3 is 1. The van der Waals surface area contributed by atoms with E-state index in [1.807, 2.05) is 31.3 Å². The van der Waals surface area contributed by atoms with Crippen LogP contribution in [0.2, 0.25) is 0 Å². The third-order valence-electron chi connectivity index (χ3n) is 4.80. The molecule has 8 nitrogen and oxygen atoms in total. The predicted molar refractivity (Wildman–Crippen MR) is 132 cm³/mol. The number of hydrogen-bond acceptors (Lipinski definition) is 5. The van der Waals surface area contributed by atoms with Crippen LogP contribution >= 0.6 is 24.0 Å². The average molecular weight is 538 g/mol. The van der Waals surface area contributed by atoms with E-state index in [1.54, 1.807) is 19.7 Å². The van der Waals surface area contributed by atoms with Gasteiger partial charge in [-0.2, -0.15) is 0 Å². The Hall–Kier alpha value is -2.56. The molecule has 3 aromatic rings. The number of aryl methyl sites for hydroxylation is 1. The van der Waals surface area contributed by atoms with E-state index in [1.165, 1.54) is 5.56 Å². The van der Waals surface area contributed by atoms with Gasteiger partial charge in [0.25, 0.3) is 0 Å². The van der Waals surface area contributed by atoms with Gasteiger partial charge in [0, 0.05) is 33.1 Å². The van der Waals surface area contributed by atoms with Crippen LogP contribution in [0.25, 0.3) is 0 Å². The first-order chi connectivity index (χ1) is 14.7. The van der Waals surface area contributed by atoms with Gasteiger partial charge in [-0.25, -0.2) is 0 Å². The van der Waals surface area contributed by atoms with Crippen molar-refractivity contribution in [1.82, 2.24) is 25.0 Å². The Kier molecular flexibility index (Phi) is 10.3. The Balaban J connectivity index is 0.00000341. The lowest BCUT2D eigenvalue weighted by Crippen LogP contribution is -2.40. The van der Waals surface area contributed by atoms with Gasteiger partial charge >= 0.3 is 0 Å². The number of guanidine groups is 1. The van der Waals surface area contributed by atoms with Crippen LogP contribution in [0, 0.1) is 0 Å². The summed E-state index contributed by atoms with van der Waals surface area (Å²) in [6.45, 7) is 4.92. The van der Waals surface area contributed by atoms with Crippen LogP contribution in [0.3, 0.4) is 0 Å². The van der Waals surface area contributed by atoms with Crippen molar-refractivity contribution in [2.24, 2.45) is 4.99 Å². The molecule has 0 radical (unpaired) electrons. The van der Waals surface area contributed by atoms with E-state index in [0.29, 0.717) is 13.1 Å². The summed E-state index contributed by atoms with van der Waals surface area (Å²) in [6.07, 6.45) is 5.18.